The Morgan fingerprint density at radius 3 is 1.86 bits per heavy atom. The highest BCUT2D eigenvalue weighted by atomic mass is 32.2. The summed E-state index contributed by atoms with van der Waals surface area (Å²) in [4.78, 5) is 11.7. The molecule has 4 heteroatoms. The van der Waals surface area contributed by atoms with Gasteiger partial charge in [0.1, 0.15) is 11.5 Å². The average molecular weight is 221 g/mol. The van der Waals surface area contributed by atoms with Crippen molar-refractivity contribution in [2.24, 2.45) is 5.41 Å². The third-order valence-electron chi connectivity index (χ3n) is 1.93. The van der Waals surface area contributed by atoms with Gasteiger partial charge in [-0.25, -0.2) is 0 Å². The van der Waals surface area contributed by atoms with Gasteiger partial charge in [0.05, 0.1) is 13.2 Å². The molecule has 0 saturated carbocycles. The summed E-state index contributed by atoms with van der Waals surface area (Å²) in [5.41, 5.74) is -0.309. The van der Waals surface area contributed by atoms with Gasteiger partial charge in [-0.2, -0.15) is 0 Å². The highest BCUT2D eigenvalue weighted by Gasteiger charge is 2.29. The van der Waals surface area contributed by atoms with Gasteiger partial charge in [-0.1, -0.05) is 20.8 Å². The molecule has 0 aliphatic carbocycles. The standard InChI is InChI=1S/C10H21O3S/c1-10(2,3)9(13)8-14(6-4-11)7-5-12/h11-12H,4-8H2,1-3H3/q+1. The number of hydrogen-bond donors (Lipinski definition) is 2. The van der Waals surface area contributed by atoms with Crippen LogP contribution in [-0.4, -0.2) is 46.5 Å². The zero-order valence-electron chi connectivity index (χ0n) is 9.25. The molecule has 0 unspecified atom stereocenters. The lowest BCUT2D eigenvalue weighted by atomic mass is 9.92. The molecule has 0 bridgehead atoms. The topological polar surface area (TPSA) is 57.5 Å². The Morgan fingerprint density at radius 1 is 1.14 bits per heavy atom. The van der Waals surface area contributed by atoms with E-state index in [2.05, 4.69) is 0 Å². The Morgan fingerprint density at radius 2 is 1.57 bits per heavy atom. The summed E-state index contributed by atoms with van der Waals surface area (Å²) in [5.74, 6) is 1.96. The second-order valence-corrected chi connectivity index (χ2v) is 6.62. The van der Waals surface area contributed by atoms with E-state index in [4.69, 9.17) is 10.2 Å². The first-order valence-electron chi connectivity index (χ1n) is 4.81. The molecule has 0 aliphatic heterocycles. The van der Waals surface area contributed by atoms with E-state index in [9.17, 15) is 4.79 Å². The van der Waals surface area contributed by atoms with E-state index in [0.29, 0.717) is 17.3 Å². The van der Waals surface area contributed by atoms with E-state index in [-0.39, 0.29) is 35.3 Å². The van der Waals surface area contributed by atoms with Crippen molar-refractivity contribution in [1.82, 2.24) is 0 Å². The number of aliphatic hydroxyl groups excluding tert-OH is 2. The van der Waals surface area contributed by atoms with Crippen LogP contribution in [0.15, 0.2) is 0 Å². The molecule has 0 aliphatic rings. The molecule has 0 fully saturated rings. The Balaban J connectivity index is 4.08. The molecule has 0 rings (SSSR count). The monoisotopic (exact) mass is 221 g/mol. The smallest absolute Gasteiger partial charge is 0.187 e. The second kappa shape index (κ2) is 6.43. The minimum Gasteiger partial charge on any atom is -0.391 e. The summed E-state index contributed by atoms with van der Waals surface area (Å²) in [5, 5.41) is 17.6. The summed E-state index contributed by atoms with van der Waals surface area (Å²) < 4.78 is 0. The van der Waals surface area contributed by atoms with Gasteiger partial charge in [0, 0.05) is 5.41 Å². The predicted molar refractivity (Wildman–Crippen MR) is 60.6 cm³/mol. The molecule has 0 aromatic rings. The van der Waals surface area contributed by atoms with Gasteiger partial charge < -0.3 is 10.2 Å². The van der Waals surface area contributed by atoms with Crippen LogP contribution in [0.2, 0.25) is 0 Å². The van der Waals surface area contributed by atoms with Crippen molar-refractivity contribution in [3.8, 4) is 0 Å². The molecular weight excluding hydrogens is 200 g/mol. The van der Waals surface area contributed by atoms with Crippen LogP contribution in [0.1, 0.15) is 20.8 Å². The number of carbonyl (C=O) groups excluding carboxylic acids is 1. The predicted octanol–water partition coefficient (Wildman–Crippen LogP) is 0.205. The van der Waals surface area contributed by atoms with Crippen LogP contribution in [0.3, 0.4) is 0 Å². The molecule has 0 aromatic heterocycles. The number of rotatable bonds is 6. The molecule has 0 radical (unpaired) electrons. The van der Waals surface area contributed by atoms with Gasteiger partial charge in [-0.15, -0.1) is 0 Å². The summed E-state index contributed by atoms with van der Waals surface area (Å²) in [6.07, 6.45) is 0. The fraction of sp³-hybridized carbons (Fsp3) is 0.900. The number of Topliss-reactive ketones (excluding diaryl/α,β-unsaturated/α-hetero) is 1. The maximum absolute atomic E-state index is 11.7. The maximum atomic E-state index is 11.7. The van der Waals surface area contributed by atoms with E-state index in [0.717, 1.165) is 0 Å². The third-order valence-corrected chi connectivity index (χ3v) is 4.12. The second-order valence-electron chi connectivity index (χ2n) is 4.29. The minimum atomic E-state index is -0.309. The van der Waals surface area contributed by atoms with Crippen LogP contribution in [0.5, 0.6) is 0 Å². The highest BCUT2D eigenvalue weighted by Crippen LogP contribution is 2.16. The summed E-state index contributed by atoms with van der Waals surface area (Å²) >= 11 is 0. The zero-order chi connectivity index (χ0) is 11.2. The van der Waals surface area contributed by atoms with E-state index in [1.165, 1.54) is 0 Å². The third kappa shape index (κ3) is 5.62. The first kappa shape index (κ1) is 13.9. The molecule has 0 heterocycles. The molecule has 84 valence electrons. The van der Waals surface area contributed by atoms with Crippen molar-refractivity contribution in [2.75, 3.05) is 30.5 Å². The normalized spacial score (nSPS) is 12.1. The van der Waals surface area contributed by atoms with Crippen LogP contribution >= 0.6 is 0 Å². The number of aliphatic hydroxyl groups is 2. The van der Waals surface area contributed by atoms with Crippen molar-refractivity contribution in [3.05, 3.63) is 0 Å². The average Bonchev–Trinajstić information content (AvgIpc) is 2.03. The van der Waals surface area contributed by atoms with Crippen LogP contribution in [0, 0.1) is 5.41 Å². The first-order chi connectivity index (χ1) is 6.41. The molecule has 0 saturated heterocycles. The maximum Gasteiger partial charge on any atom is 0.187 e. The quantitative estimate of drug-likeness (QED) is 0.630. The fourth-order valence-corrected chi connectivity index (χ4v) is 2.72. The summed E-state index contributed by atoms with van der Waals surface area (Å²) in [7, 11) is -0.151. The number of hydrogen-bond acceptors (Lipinski definition) is 3. The minimum absolute atomic E-state index is 0.0978. The van der Waals surface area contributed by atoms with Crippen molar-refractivity contribution in [3.63, 3.8) is 0 Å². The van der Waals surface area contributed by atoms with Crippen LogP contribution in [0.25, 0.3) is 0 Å². The molecule has 0 spiro atoms. The van der Waals surface area contributed by atoms with Gasteiger partial charge in [0.25, 0.3) is 0 Å². The van der Waals surface area contributed by atoms with E-state index in [1.807, 2.05) is 20.8 Å². The van der Waals surface area contributed by atoms with E-state index < -0.39 is 0 Å². The lowest BCUT2D eigenvalue weighted by molar-refractivity contribution is -0.123. The largest absolute Gasteiger partial charge is 0.391 e. The molecule has 0 aromatic carbocycles. The molecule has 2 N–H and O–H groups in total. The SMILES string of the molecule is CC(C)(C)C(=O)C[S+](CCO)CCO. The molecule has 0 amide bonds. The zero-order valence-corrected chi connectivity index (χ0v) is 10.1. The van der Waals surface area contributed by atoms with Gasteiger partial charge in [-0.3, -0.25) is 4.79 Å². The molecule has 14 heavy (non-hydrogen) atoms. The van der Waals surface area contributed by atoms with Crippen molar-refractivity contribution >= 4 is 16.7 Å². The Labute approximate surface area is 88.9 Å². The van der Waals surface area contributed by atoms with Gasteiger partial charge in [0.15, 0.2) is 11.5 Å². The highest BCUT2D eigenvalue weighted by molar-refractivity contribution is 7.97. The van der Waals surface area contributed by atoms with Crippen molar-refractivity contribution in [1.29, 1.82) is 0 Å². The lowest BCUT2D eigenvalue weighted by Gasteiger charge is -2.16. The number of ketones is 1. The Kier molecular flexibility index (Phi) is 6.40. The van der Waals surface area contributed by atoms with Gasteiger partial charge in [-0.05, 0) is 10.9 Å². The Hall–Kier alpha value is -0.0600. The molecule has 3 nitrogen and oxygen atoms in total. The first-order valence-corrected chi connectivity index (χ1v) is 6.54. The van der Waals surface area contributed by atoms with E-state index >= 15 is 0 Å². The van der Waals surface area contributed by atoms with Gasteiger partial charge in [0.2, 0.25) is 0 Å². The summed E-state index contributed by atoms with van der Waals surface area (Å²) in [6, 6.07) is 0. The van der Waals surface area contributed by atoms with Crippen LogP contribution in [-0.2, 0) is 15.7 Å². The molecular formula is C10H21O3S+. The fourth-order valence-electron chi connectivity index (χ4n) is 0.907. The molecule has 0 atom stereocenters. The van der Waals surface area contributed by atoms with E-state index in [1.54, 1.807) is 0 Å². The van der Waals surface area contributed by atoms with Crippen molar-refractivity contribution < 1.29 is 15.0 Å². The Bertz CT molecular complexity index is 169. The van der Waals surface area contributed by atoms with Crippen LogP contribution < -0.4 is 0 Å². The van der Waals surface area contributed by atoms with Crippen LogP contribution in [0.4, 0.5) is 0 Å². The van der Waals surface area contributed by atoms with Crippen molar-refractivity contribution in [2.45, 2.75) is 20.8 Å². The summed E-state index contributed by atoms with van der Waals surface area (Å²) in [6.45, 7) is 5.89. The van der Waals surface area contributed by atoms with Gasteiger partial charge >= 0.3 is 0 Å². The lowest BCUT2D eigenvalue weighted by Crippen LogP contribution is -2.32. The number of carbonyl (C=O) groups is 1.